The second-order valence-corrected chi connectivity index (χ2v) is 9.22. The summed E-state index contributed by atoms with van der Waals surface area (Å²) in [5, 5.41) is 0. The van der Waals surface area contributed by atoms with Crippen LogP contribution in [0.15, 0.2) is 71.4 Å². The number of carbonyl (C=O) groups excluding carboxylic acids is 1. The fourth-order valence-corrected chi connectivity index (χ4v) is 5.08. The Kier molecular flexibility index (Phi) is 6.71. The minimum atomic E-state index is -0.486. The fourth-order valence-electron chi connectivity index (χ4n) is 2.95. The molecule has 3 aromatic carbocycles. The molecule has 0 amide bonds. The number of aliphatic imine (C=N–C) groups is 1. The highest BCUT2D eigenvalue weighted by Crippen LogP contribution is 2.31. The molecule has 1 heterocycles. The number of hydrogen-bond acceptors (Lipinski definition) is 4. The molecule has 7 heteroatoms. The maximum absolute atomic E-state index is 13.8. The summed E-state index contributed by atoms with van der Waals surface area (Å²) in [4.78, 5) is 16.6. The summed E-state index contributed by atoms with van der Waals surface area (Å²) in [5.74, 6) is 0.186. The second-order valence-electron chi connectivity index (χ2n) is 6.90. The molecule has 156 valence electrons. The number of cyclic esters (lactones) is 1. The fraction of sp³-hybridized carbons (Fsp3) is 0.0833. The number of esters is 1. The first-order valence-corrected chi connectivity index (χ1v) is 11.5. The summed E-state index contributed by atoms with van der Waals surface area (Å²) in [5.41, 5.74) is 3.40. The van der Waals surface area contributed by atoms with Gasteiger partial charge in [0.1, 0.15) is 18.2 Å². The molecule has 0 saturated heterocycles. The van der Waals surface area contributed by atoms with Crippen molar-refractivity contribution in [2.24, 2.45) is 4.99 Å². The van der Waals surface area contributed by atoms with Crippen LogP contribution in [-0.4, -0.2) is 11.9 Å². The molecular formula is C24H16FI2NO3. The third-order valence-corrected chi connectivity index (χ3v) is 6.18. The number of hydrogen-bond donors (Lipinski definition) is 0. The van der Waals surface area contributed by atoms with E-state index in [2.05, 4.69) is 50.2 Å². The number of benzene rings is 3. The van der Waals surface area contributed by atoms with E-state index in [1.807, 2.05) is 43.3 Å². The Bertz CT molecular complexity index is 1200. The van der Waals surface area contributed by atoms with Crippen molar-refractivity contribution in [2.75, 3.05) is 0 Å². The van der Waals surface area contributed by atoms with Crippen molar-refractivity contribution in [1.82, 2.24) is 0 Å². The molecule has 0 saturated carbocycles. The zero-order valence-corrected chi connectivity index (χ0v) is 20.7. The number of carbonyl (C=O) groups is 1. The van der Waals surface area contributed by atoms with Gasteiger partial charge in [-0.25, -0.2) is 14.2 Å². The maximum Gasteiger partial charge on any atom is 0.363 e. The van der Waals surface area contributed by atoms with E-state index in [4.69, 9.17) is 9.47 Å². The average molecular weight is 639 g/mol. The van der Waals surface area contributed by atoms with Crippen LogP contribution in [0.5, 0.6) is 5.75 Å². The Labute approximate surface area is 206 Å². The third kappa shape index (κ3) is 5.15. The van der Waals surface area contributed by atoms with E-state index in [0.717, 1.165) is 23.8 Å². The number of nitrogens with zero attached hydrogens (tertiary/aromatic N) is 1. The van der Waals surface area contributed by atoms with Gasteiger partial charge in [0.2, 0.25) is 5.90 Å². The van der Waals surface area contributed by atoms with E-state index in [1.165, 1.54) is 6.07 Å². The first-order valence-electron chi connectivity index (χ1n) is 9.35. The van der Waals surface area contributed by atoms with Crippen LogP contribution in [0.25, 0.3) is 6.08 Å². The molecule has 1 aliphatic heterocycles. The van der Waals surface area contributed by atoms with Gasteiger partial charge in [0.15, 0.2) is 5.70 Å². The molecule has 0 fully saturated rings. The Morgan fingerprint density at radius 3 is 2.42 bits per heavy atom. The van der Waals surface area contributed by atoms with Gasteiger partial charge in [-0.15, -0.1) is 0 Å². The van der Waals surface area contributed by atoms with Crippen LogP contribution in [0.4, 0.5) is 4.39 Å². The lowest BCUT2D eigenvalue weighted by atomic mass is 10.1. The van der Waals surface area contributed by atoms with E-state index in [9.17, 15) is 9.18 Å². The molecule has 0 bridgehead atoms. The Hall–Kier alpha value is -2.27. The highest BCUT2D eigenvalue weighted by atomic mass is 127. The van der Waals surface area contributed by atoms with E-state index in [-0.39, 0.29) is 18.1 Å². The van der Waals surface area contributed by atoms with E-state index in [0.29, 0.717) is 17.2 Å². The Morgan fingerprint density at radius 1 is 1.06 bits per heavy atom. The molecule has 1 aliphatic rings. The van der Waals surface area contributed by atoms with Crippen molar-refractivity contribution in [3.05, 3.63) is 102 Å². The van der Waals surface area contributed by atoms with Crippen molar-refractivity contribution in [3.63, 3.8) is 0 Å². The molecule has 4 rings (SSSR count). The average Bonchev–Trinajstić information content (AvgIpc) is 3.09. The van der Waals surface area contributed by atoms with Crippen LogP contribution in [0, 0.1) is 19.9 Å². The predicted molar refractivity (Wildman–Crippen MR) is 134 cm³/mol. The van der Waals surface area contributed by atoms with Crippen LogP contribution in [0.3, 0.4) is 0 Å². The lowest BCUT2D eigenvalue weighted by molar-refractivity contribution is -0.129. The van der Waals surface area contributed by atoms with Crippen molar-refractivity contribution in [1.29, 1.82) is 0 Å². The molecule has 3 aromatic rings. The van der Waals surface area contributed by atoms with E-state index in [1.54, 1.807) is 24.3 Å². The quantitative estimate of drug-likeness (QED) is 0.188. The van der Waals surface area contributed by atoms with E-state index < -0.39 is 5.97 Å². The monoisotopic (exact) mass is 639 g/mol. The first-order chi connectivity index (χ1) is 14.9. The van der Waals surface area contributed by atoms with Gasteiger partial charge in [-0.1, -0.05) is 35.9 Å². The topological polar surface area (TPSA) is 47.9 Å². The van der Waals surface area contributed by atoms with Gasteiger partial charge < -0.3 is 9.47 Å². The first kappa shape index (κ1) is 21.9. The van der Waals surface area contributed by atoms with Crippen LogP contribution >= 0.6 is 45.2 Å². The molecule has 31 heavy (non-hydrogen) atoms. The van der Waals surface area contributed by atoms with Gasteiger partial charge in [0.05, 0.1) is 7.14 Å². The van der Waals surface area contributed by atoms with Crippen molar-refractivity contribution in [3.8, 4) is 5.75 Å². The van der Waals surface area contributed by atoms with Crippen molar-refractivity contribution >= 4 is 63.1 Å². The third-order valence-electron chi connectivity index (χ3n) is 4.57. The second kappa shape index (κ2) is 9.47. The van der Waals surface area contributed by atoms with Crippen LogP contribution in [-0.2, 0) is 16.1 Å². The van der Waals surface area contributed by atoms with Crippen molar-refractivity contribution in [2.45, 2.75) is 13.5 Å². The van der Waals surface area contributed by atoms with Crippen LogP contribution < -0.4 is 4.74 Å². The molecule has 4 nitrogen and oxygen atoms in total. The van der Waals surface area contributed by atoms with Crippen LogP contribution in [0.1, 0.15) is 22.3 Å². The number of rotatable bonds is 5. The molecule has 0 unspecified atom stereocenters. The summed E-state index contributed by atoms with van der Waals surface area (Å²) < 4.78 is 26.7. The molecule has 0 radical (unpaired) electrons. The molecule has 0 N–H and O–H groups in total. The molecule has 0 aliphatic carbocycles. The van der Waals surface area contributed by atoms with Gasteiger partial charge in [-0.2, -0.15) is 0 Å². The highest BCUT2D eigenvalue weighted by molar-refractivity contribution is 14.1. The normalized spacial score (nSPS) is 14.5. The van der Waals surface area contributed by atoms with Gasteiger partial charge in [-0.05, 0) is 94.1 Å². The largest absolute Gasteiger partial charge is 0.487 e. The zero-order chi connectivity index (χ0) is 22.0. The maximum atomic E-state index is 13.8. The van der Waals surface area contributed by atoms with Gasteiger partial charge in [0, 0.05) is 11.1 Å². The molecular weight excluding hydrogens is 623 g/mol. The summed E-state index contributed by atoms with van der Waals surface area (Å²) in [6.45, 7) is 2.13. The predicted octanol–water partition coefficient (Wildman–Crippen LogP) is 6.27. The number of ether oxygens (including phenoxy) is 2. The van der Waals surface area contributed by atoms with Gasteiger partial charge >= 0.3 is 5.97 Å². The minimum absolute atomic E-state index is 0.135. The van der Waals surface area contributed by atoms with E-state index >= 15 is 0 Å². The molecule has 0 atom stereocenters. The summed E-state index contributed by atoms with van der Waals surface area (Å²) in [6, 6.07) is 17.9. The highest BCUT2D eigenvalue weighted by Gasteiger charge is 2.24. The lowest BCUT2D eigenvalue weighted by Gasteiger charge is -2.12. The number of halogens is 3. The lowest BCUT2D eigenvalue weighted by Crippen LogP contribution is -2.05. The smallest absolute Gasteiger partial charge is 0.363 e. The Balaban J connectivity index is 1.56. The van der Waals surface area contributed by atoms with Gasteiger partial charge in [-0.3, -0.25) is 0 Å². The summed E-state index contributed by atoms with van der Waals surface area (Å²) in [6.07, 6.45) is 1.69. The van der Waals surface area contributed by atoms with Crippen molar-refractivity contribution < 1.29 is 18.7 Å². The summed E-state index contributed by atoms with van der Waals surface area (Å²) >= 11 is 4.33. The zero-order valence-electron chi connectivity index (χ0n) is 16.4. The molecule has 0 aromatic heterocycles. The standard InChI is InChI=1S/C24H16FI2NO3/c1-14-6-8-16(9-7-14)23-28-21(24(29)31-23)12-15-10-19(26)22(20(27)11-15)30-13-17-4-2-3-5-18(17)25/h2-12H,13H2,1H3/b21-12-. The van der Waals surface area contributed by atoms with Gasteiger partial charge in [0.25, 0.3) is 0 Å². The Morgan fingerprint density at radius 2 is 1.74 bits per heavy atom. The minimum Gasteiger partial charge on any atom is -0.487 e. The summed E-state index contributed by atoms with van der Waals surface area (Å²) in [7, 11) is 0. The van der Waals surface area contributed by atoms with Crippen LogP contribution in [0.2, 0.25) is 0 Å². The number of aryl methyl sites for hydroxylation is 1. The molecule has 0 spiro atoms. The SMILES string of the molecule is Cc1ccc(C2=N/C(=C\c3cc(I)c(OCc4ccccc4F)c(I)c3)C(=O)O2)cc1.